The molecule has 1 N–H and O–H groups in total. The molecule has 2 aliphatic rings. The SMILES string of the molecule is CC12Nc3ccccc3N1C(c1ccc3sc4ccccc4c3c1)=Nc1ccccc12. The van der Waals surface area contributed by atoms with Crippen molar-refractivity contribution >= 4 is 54.4 Å². The van der Waals surface area contributed by atoms with Crippen LogP contribution in [-0.2, 0) is 5.66 Å². The lowest BCUT2D eigenvalue weighted by Crippen LogP contribution is -2.51. The van der Waals surface area contributed by atoms with Crippen molar-refractivity contribution in [3.63, 3.8) is 0 Å². The van der Waals surface area contributed by atoms with Gasteiger partial charge in [-0.05, 0) is 49.4 Å². The van der Waals surface area contributed by atoms with Gasteiger partial charge < -0.3 is 5.32 Å². The van der Waals surface area contributed by atoms with E-state index >= 15 is 0 Å². The Labute approximate surface area is 184 Å². The van der Waals surface area contributed by atoms with E-state index in [0.29, 0.717) is 0 Å². The second-order valence-electron chi connectivity index (χ2n) is 8.31. The maximum Gasteiger partial charge on any atom is 0.143 e. The third-order valence-electron chi connectivity index (χ3n) is 6.47. The zero-order chi connectivity index (χ0) is 20.6. The molecule has 4 heteroatoms. The molecule has 1 aromatic heterocycles. The van der Waals surface area contributed by atoms with Crippen LogP contribution in [-0.4, -0.2) is 5.84 Å². The van der Waals surface area contributed by atoms with E-state index in [1.54, 1.807) is 0 Å². The van der Waals surface area contributed by atoms with E-state index in [2.05, 4.69) is 108 Å². The lowest BCUT2D eigenvalue weighted by Gasteiger charge is -2.41. The predicted octanol–water partition coefficient (Wildman–Crippen LogP) is 7.25. The van der Waals surface area contributed by atoms with Crippen LogP contribution in [0.3, 0.4) is 0 Å². The van der Waals surface area contributed by atoms with Crippen LogP contribution in [0.25, 0.3) is 20.2 Å². The van der Waals surface area contributed by atoms with Gasteiger partial charge >= 0.3 is 0 Å². The third kappa shape index (κ3) is 2.25. The van der Waals surface area contributed by atoms with Crippen molar-refractivity contribution in [1.29, 1.82) is 0 Å². The summed E-state index contributed by atoms with van der Waals surface area (Å²) in [5.41, 5.74) is 5.26. The van der Waals surface area contributed by atoms with Gasteiger partial charge in [0.05, 0.1) is 17.1 Å². The molecule has 0 bridgehead atoms. The molecule has 4 aromatic carbocycles. The number of hydrogen-bond acceptors (Lipinski definition) is 4. The van der Waals surface area contributed by atoms with Gasteiger partial charge in [0.1, 0.15) is 11.5 Å². The summed E-state index contributed by atoms with van der Waals surface area (Å²) in [7, 11) is 0. The first-order valence-electron chi connectivity index (χ1n) is 10.5. The van der Waals surface area contributed by atoms with E-state index in [0.717, 1.165) is 28.5 Å². The third-order valence-corrected chi connectivity index (χ3v) is 7.62. The van der Waals surface area contributed by atoms with E-state index < -0.39 is 0 Å². The lowest BCUT2D eigenvalue weighted by molar-refractivity contribution is 0.582. The van der Waals surface area contributed by atoms with Crippen LogP contribution in [0.15, 0.2) is 96.0 Å². The van der Waals surface area contributed by atoms with Gasteiger partial charge in [-0.3, -0.25) is 4.90 Å². The van der Waals surface area contributed by atoms with Gasteiger partial charge in [-0.25, -0.2) is 4.99 Å². The lowest BCUT2D eigenvalue weighted by atomic mass is 9.94. The molecular weight excluding hydrogens is 398 g/mol. The van der Waals surface area contributed by atoms with Crippen molar-refractivity contribution in [3.05, 3.63) is 102 Å². The second-order valence-corrected chi connectivity index (χ2v) is 9.40. The average molecular weight is 418 g/mol. The number of thiophene rings is 1. The van der Waals surface area contributed by atoms with E-state index in [1.165, 1.54) is 25.7 Å². The summed E-state index contributed by atoms with van der Waals surface area (Å²) in [6, 6.07) is 32.4. The number of fused-ring (bicyclic) bond motifs is 8. The van der Waals surface area contributed by atoms with Crippen LogP contribution in [0, 0.1) is 0 Å². The van der Waals surface area contributed by atoms with Gasteiger partial charge in [0.25, 0.3) is 0 Å². The van der Waals surface area contributed by atoms with Crippen molar-refractivity contribution in [3.8, 4) is 0 Å². The van der Waals surface area contributed by atoms with Crippen LogP contribution in [0.5, 0.6) is 0 Å². The van der Waals surface area contributed by atoms with Crippen LogP contribution in [0.2, 0.25) is 0 Å². The maximum atomic E-state index is 5.18. The zero-order valence-corrected chi connectivity index (χ0v) is 17.8. The monoisotopic (exact) mass is 417 g/mol. The van der Waals surface area contributed by atoms with Crippen LogP contribution >= 0.6 is 11.3 Å². The number of rotatable bonds is 1. The standard InChI is InChI=1S/C27H19N3S/c1-27-20-9-3-4-10-21(20)28-26(30(27)23-12-6-5-11-22(23)29-27)17-14-15-25-19(16-17)18-8-2-7-13-24(18)31-25/h2-16,29H,1H3. The van der Waals surface area contributed by atoms with Crippen LogP contribution in [0.1, 0.15) is 18.1 Å². The van der Waals surface area contributed by atoms with Crippen molar-refractivity contribution in [2.45, 2.75) is 12.6 Å². The highest BCUT2D eigenvalue weighted by atomic mass is 32.1. The Kier molecular flexibility index (Phi) is 3.29. The molecule has 7 rings (SSSR count). The summed E-state index contributed by atoms with van der Waals surface area (Å²) in [5, 5.41) is 6.38. The fourth-order valence-corrected chi connectivity index (χ4v) is 6.14. The van der Waals surface area contributed by atoms with Crippen molar-refractivity contribution in [1.82, 2.24) is 0 Å². The molecule has 3 nitrogen and oxygen atoms in total. The van der Waals surface area contributed by atoms with E-state index in [9.17, 15) is 0 Å². The molecule has 5 aromatic rings. The number of anilines is 2. The van der Waals surface area contributed by atoms with E-state index in [4.69, 9.17) is 4.99 Å². The number of aliphatic imine (C=N–C) groups is 1. The minimum Gasteiger partial charge on any atom is -0.357 e. The summed E-state index contributed by atoms with van der Waals surface area (Å²) >= 11 is 1.85. The molecular formula is C27H19N3S. The summed E-state index contributed by atoms with van der Waals surface area (Å²) in [6.45, 7) is 2.25. The molecule has 1 unspecified atom stereocenters. The molecule has 0 radical (unpaired) electrons. The smallest absolute Gasteiger partial charge is 0.143 e. The Bertz CT molecular complexity index is 1550. The molecule has 3 heterocycles. The van der Waals surface area contributed by atoms with E-state index in [-0.39, 0.29) is 5.66 Å². The van der Waals surface area contributed by atoms with Crippen LogP contribution in [0.4, 0.5) is 17.1 Å². The molecule has 31 heavy (non-hydrogen) atoms. The van der Waals surface area contributed by atoms with Crippen LogP contribution < -0.4 is 10.2 Å². The topological polar surface area (TPSA) is 27.6 Å². The first-order valence-corrected chi connectivity index (χ1v) is 11.3. The maximum absolute atomic E-state index is 5.18. The number of nitrogens with zero attached hydrogens (tertiary/aromatic N) is 2. The quantitative estimate of drug-likeness (QED) is 0.311. The number of amidine groups is 1. The first kappa shape index (κ1) is 17.1. The summed E-state index contributed by atoms with van der Waals surface area (Å²) < 4.78 is 2.63. The fourth-order valence-electron chi connectivity index (χ4n) is 5.05. The molecule has 0 saturated carbocycles. The molecule has 0 saturated heterocycles. The fraction of sp³-hybridized carbons (Fsp3) is 0.0741. The minimum absolute atomic E-state index is 0.386. The number of hydrogen-bond donors (Lipinski definition) is 1. The van der Waals surface area contributed by atoms with E-state index in [1.807, 2.05) is 11.3 Å². The Morgan fingerprint density at radius 1 is 0.806 bits per heavy atom. The molecule has 0 fully saturated rings. The van der Waals surface area contributed by atoms with Gasteiger partial charge in [-0.15, -0.1) is 11.3 Å². The van der Waals surface area contributed by atoms with Gasteiger partial charge in [0, 0.05) is 31.3 Å². The normalized spacial score (nSPS) is 19.0. The van der Waals surface area contributed by atoms with Crippen molar-refractivity contribution in [2.75, 3.05) is 10.2 Å². The molecule has 2 aliphatic heterocycles. The highest BCUT2D eigenvalue weighted by Gasteiger charge is 2.47. The Balaban J connectivity index is 1.52. The molecule has 148 valence electrons. The highest BCUT2D eigenvalue weighted by Crippen LogP contribution is 2.50. The second kappa shape index (κ2) is 5.96. The molecule has 0 aliphatic carbocycles. The predicted molar refractivity (Wildman–Crippen MR) is 132 cm³/mol. The summed E-state index contributed by atoms with van der Waals surface area (Å²) in [6.07, 6.45) is 0. The zero-order valence-electron chi connectivity index (χ0n) is 17.0. The molecule has 1 atom stereocenters. The average Bonchev–Trinajstić information content (AvgIpc) is 3.33. The van der Waals surface area contributed by atoms with Gasteiger partial charge in [-0.1, -0.05) is 48.5 Å². The highest BCUT2D eigenvalue weighted by molar-refractivity contribution is 7.25. The first-order chi connectivity index (χ1) is 15.2. The number of nitrogens with one attached hydrogen (secondary N) is 1. The summed E-state index contributed by atoms with van der Waals surface area (Å²) in [4.78, 5) is 7.54. The molecule has 0 spiro atoms. The Morgan fingerprint density at radius 2 is 1.58 bits per heavy atom. The summed E-state index contributed by atoms with van der Waals surface area (Å²) in [5.74, 6) is 0.982. The largest absolute Gasteiger partial charge is 0.357 e. The van der Waals surface area contributed by atoms with Gasteiger partial charge in [-0.2, -0.15) is 0 Å². The van der Waals surface area contributed by atoms with Crippen molar-refractivity contribution in [2.24, 2.45) is 4.99 Å². The minimum atomic E-state index is -0.386. The van der Waals surface area contributed by atoms with Gasteiger partial charge in [0.15, 0.2) is 0 Å². The Morgan fingerprint density at radius 3 is 2.55 bits per heavy atom. The van der Waals surface area contributed by atoms with Crippen molar-refractivity contribution < 1.29 is 0 Å². The number of para-hydroxylation sites is 3. The Hall–Kier alpha value is -3.63. The molecule has 0 amide bonds. The number of benzene rings is 4. The van der Waals surface area contributed by atoms with Gasteiger partial charge in [0.2, 0.25) is 0 Å².